The van der Waals surface area contributed by atoms with Crippen molar-refractivity contribution in [2.45, 2.75) is 26.3 Å². The summed E-state index contributed by atoms with van der Waals surface area (Å²) in [7, 11) is 1.54. The summed E-state index contributed by atoms with van der Waals surface area (Å²) < 4.78 is 47.8. The molecule has 1 N–H and O–H groups in total. The lowest BCUT2D eigenvalue weighted by Crippen LogP contribution is -2.40. The number of ether oxygens (including phenoxy) is 2. The summed E-state index contributed by atoms with van der Waals surface area (Å²) in [5.41, 5.74) is 0.866. The zero-order chi connectivity index (χ0) is 20.6. The molecule has 0 aliphatic heterocycles. The lowest BCUT2D eigenvalue weighted by Gasteiger charge is -2.21. The van der Waals surface area contributed by atoms with Gasteiger partial charge in [0.2, 0.25) is 5.91 Å². The second kappa shape index (κ2) is 10.3. The van der Waals surface area contributed by atoms with Gasteiger partial charge in [0, 0.05) is 11.4 Å². The fourth-order valence-corrected chi connectivity index (χ4v) is 3.08. The number of amides is 1. The summed E-state index contributed by atoms with van der Waals surface area (Å²) in [5, 5.41) is 3.86. The first-order valence-corrected chi connectivity index (χ1v) is 9.56. The lowest BCUT2D eigenvalue weighted by molar-refractivity contribution is -0.139. The van der Waals surface area contributed by atoms with E-state index in [0.29, 0.717) is 31.2 Å². The van der Waals surface area contributed by atoms with Crippen molar-refractivity contribution < 1.29 is 27.4 Å². The van der Waals surface area contributed by atoms with Crippen molar-refractivity contribution in [3.05, 3.63) is 46.2 Å². The monoisotopic (exact) mass is 416 g/mol. The Morgan fingerprint density at radius 3 is 2.64 bits per heavy atom. The van der Waals surface area contributed by atoms with Gasteiger partial charge < -0.3 is 14.8 Å². The van der Waals surface area contributed by atoms with E-state index in [9.17, 15) is 18.0 Å². The normalized spacial score (nSPS) is 11.5. The van der Waals surface area contributed by atoms with Crippen LogP contribution >= 0.6 is 11.3 Å². The van der Waals surface area contributed by atoms with E-state index in [0.717, 1.165) is 10.4 Å². The Morgan fingerprint density at radius 1 is 1.25 bits per heavy atom. The molecule has 154 valence electrons. The van der Waals surface area contributed by atoms with Gasteiger partial charge in [0.15, 0.2) is 11.5 Å². The number of alkyl halides is 3. The molecule has 0 fully saturated rings. The van der Waals surface area contributed by atoms with Gasteiger partial charge in [0.25, 0.3) is 0 Å². The van der Waals surface area contributed by atoms with Gasteiger partial charge in [-0.25, -0.2) is 0 Å². The Balaban J connectivity index is 1.94. The number of carbonyl (C=O) groups is 1. The van der Waals surface area contributed by atoms with E-state index in [2.05, 4.69) is 0 Å². The molecule has 1 heterocycles. The Labute approximate surface area is 166 Å². The van der Waals surface area contributed by atoms with Crippen molar-refractivity contribution in [1.29, 1.82) is 0 Å². The molecule has 0 unspecified atom stereocenters. The van der Waals surface area contributed by atoms with Gasteiger partial charge in [-0.2, -0.15) is 13.2 Å². The zero-order valence-corrected chi connectivity index (χ0v) is 16.5. The van der Waals surface area contributed by atoms with E-state index in [1.54, 1.807) is 35.5 Å². The van der Waals surface area contributed by atoms with Crippen LogP contribution in [0.2, 0.25) is 0 Å². The van der Waals surface area contributed by atoms with Crippen LogP contribution in [0.15, 0.2) is 35.7 Å². The van der Waals surface area contributed by atoms with Gasteiger partial charge in [-0.1, -0.05) is 19.1 Å². The van der Waals surface area contributed by atoms with E-state index in [1.165, 1.54) is 0 Å². The van der Waals surface area contributed by atoms with Gasteiger partial charge in [-0.3, -0.25) is 9.69 Å². The number of nitrogens with one attached hydrogen (secondary N) is 1. The minimum Gasteiger partial charge on any atom is -0.493 e. The van der Waals surface area contributed by atoms with Gasteiger partial charge in [-0.05, 0) is 35.7 Å². The number of thiophene rings is 1. The Hall–Kier alpha value is -2.26. The summed E-state index contributed by atoms with van der Waals surface area (Å²) in [4.78, 5) is 14.6. The van der Waals surface area contributed by atoms with Gasteiger partial charge in [0.05, 0.1) is 13.7 Å². The fraction of sp³-hybridized carbons (Fsp3) is 0.421. The zero-order valence-electron chi connectivity index (χ0n) is 15.7. The largest absolute Gasteiger partial charge is 0.493 e. The molecule has 5 nitrogen and oxygen atoms in total. The third kappa shape index (κ3) is 7.40. The molecule has 1 aromatic heterocycles. The molecule has 2 aromatic rings. The second-order valence-corrected chi connectivity index (χ2v) is 7.08. The van der Waals surface area contributed by atoms with Crippen molar-refractivity contribution in [3.8, 4) is 11.5 Å². The molecule has 28 heavy (non-hydrogen) atoms. The molecular weight excluding hydrogens is 393 g/mol. The van der Waals surface area contributed by atoms with Gasteiger partial charge in [0.1, 0.15) is 13.2 Å². The molecule has 2 rings (SSSR count). The molecule has 1 amide bonds. The predicted octanol–water partition coefficient (Wildman–Crippen LogP) is 3.84. The highest BCUT2D eigenvalue weighted by molar-refractivity contribution is 7.09. The summed E-state index contributed by atoms with van der Waals surface area (Å²) >= 11 is 1.60. The third-order valence-corrected chi connectivity index (χ3v) is 4.73. The number of methoxy groups -OCH3 is 1. The van der Waals surface area contributed by atoms with Crippen molar-refractivity contribution >= 4 is 17.2 Å². The number of hydrogen-bond donors (Lipinski definition) is 1. The fourth-order valence-electron chi connectivity index (χ4n) is 2.47. The number of hydrogen-bond acceptors (Lipinski definition) is 5. The van der Waals surface area contributed by atoms with Crippen LogP contribution in [0.3, 0.4) is 0 Å². The number of benzene rings is 1. The Bertz CT molecular complexity index is 751. The topological polar surface area (TPSA) is 50.8 Å². The first kappa shape index (κ1) is 22.0. The Kier molecular flexibility index (Phi) is 8.13. The molecular formula is C19H23F3N2O3S. The molecule has 0 radical (unpaired) electrons. The van der Waals surface area contributed by atoms with Crippen molar-refractivity contribution in [2.24, 2.45) is 0 Å². The van der Waals surface area contributed by atoms with Crippen LogP contribution in [0, 0.1) is 0 Å². The van der Waals surface area contributed by atoms with Crippen LogP contribution in [0.4, 0.5) is 13.2 Å². The molecule has 0 spiro atoms. The number of rotatable bonds is 10. The summed E-state index contributed by atoms with van der Waals surface area (Å²) in [6.07, 6.45) is -4.42. The molecule has 1 aromatic carbocycles. The smallest absolute Gasteiger partial charge is 0.405 e. The molecule has 0 aliphatic carbocycles. The number of halogens is 3. The second-order valence-electron chi connectivity index (χ2n) is 6.05. The number of nitrogens with zero attached hydrogens (tertiary/aromatic N) is 1. The third-order valence-electron chi connectivity index (χ3n) is 3.88. The van der Waals surface area contributed by atoms with E-state index in [1.807, 2.05) is 35.8 Å². The van der Waals surface area contributed by atoms with Crippen molar-refractivity contribution in [1.82, 2.24) is 10.2 Å². The van der Waals surface area contributed by atoms with E-state index in [4.69, 9.17) is 9.47 Å². The quantitative estimate of drug-likeness (QED) is 0.640. The van der Waals surface area contributed by atoms with Crippen LogP contribution in [0.5, 0.6) is 11.5 Å². The highest BCUT2D eigenvalue weighted by Gasteiger charge is 2.27. The maximum absolute atomic E-state index is 12.2. The average Bonchev–Trinajstić information content (AvgIpc) is 3.17. The van der Waals surface area contributed by atoms with Crippen LogP contribution in [-0.4, -0.2) is 43.7 Å². The number of likely N-dealkylation sites (N-methyl/N-ethyl adjacent to an activating group) is 1. The molecule has 0 saturated heterocycles. The lowest BCUT2D eigenvalue weighted by atomic mass is 10.2. The van der Waals surface area contributed by atoms with Crippen molar-refractivity contribution in [2.75, 3.05) is 26.7 Å². The van der Waals surface area contributed by atoms with E-state index < -0.39 is 18.6 Å². The van der Waals surface area contributed by atoms with Crippen LogP contribution in [0.25, 0.3) is 0 Å². The Morgan fingerprint density at radius 2 is 2.04 bits per heavy atom. The average molecular weight is 416 g/mol. The minimum absolute atomic E-state index is 0.120. The maximum Gasteiger partial charge on any atom is 0.405 e. The first-order chi connectivity index (χ1) is 13.3. The van der Waals surface area contributed by atoms with Gasteiger partial charge in [-0.15, -0.1) is 11.3 Å². The molecule has 9 heteroatoms. The van der Waals surface area contributed by atoms with E-state index in [-0.39, 0.29) is 6.54 Å². The van der Waals surface area contributed by atoms with Crippen molar-refractivity contribution in [3.63, 3.8) is 0 Å². The molecule has 0 saturated carbocycles. The summed E-state index contributed by atoms with van der Waals surface area (Å²) in [6, 6.07) is 9.38. The van der Waals surface area contributed by atoms with Crippen LogP contribution < -0.4 is 14.8 Å². The predicted molar refractivity (Wildman–Crippen MR) is 102 cm³/mol. The molecule has 0 atom stereocenters. The number of carbonyl (C=O) groups excluding carboxylic acids is 1. The maximum atomic E-state index is 12.2. The highest BCUT2D eigenvalue weighted by atomic mass is 32.1. The first-order valence-electron chi connectivity index (χ1n) is 8.68. The molecule has 0 bridgehead atoms. The summed E-state index contributed by atoms with van der Waals surface area (Å²) in [5.74, 6) is 0.499. The van der Waals surface area contributed by atoms with Crippen LogP contribution in [-0.2, 0) is 17.9 Å². The standard InChI is InChI=1S/C19H23F3N2O3S/c1-3-24(11-18(25)23-13-19(20,21)22)10-14-6-7-16(17(9-14)26-2)27-12-15-5-4-8-28-15/h4-9H,3,10-13H2,1-2H3,(H,23,25). The molecule has 0 aliphatic rings. The van der Waals surface area contributed by atoms with Crippen LogP contribution in [0.1, 0.15) is 17.4 Å². The minimum atomic E-state index is -4.42. The summed E-state index contributed by atoms with van der Waals surface area (Å²) in [6.45, 7) is 1.75. The van der Waals surface area contributed by atoms with E-state index >= 15 is 0 Å². The van der Waals surface area contributed by atoms with Gasteiger partial charge >= 0.3 is 6.18 Å². The SMILES string of the molecule is CCN(CC(=O)NCC(F)(F)F)Cc1ccc(OCc2cccs2)c(OC)c1. The highest BCUT2D eigenvalue weighted by Crippen LogP contribution is 2.29.